The largest absolute Gasteiger partial charge is 0.324 e. The minimum atomic E-state index is -0.506. The lowest BCUT2D eigenvalue weighted by atomic mass is 10.2. The summed E-state index contributed by atoms with van der Waals surface area (Å²) in [5.74, 6) is -0.338. The molecule has 0 aliphatic heterocycles. The number of nitrogens with one attached hydrogen (secondary N) is 1. The number of nitro benzene ring substituents is 1. The van der Waals surface area contributed by atoms with Gasteiger partial charge < -0.3 is 9.88 Å². The maximum Gasteiger partial charge on any atom is 0.271 e. The molecule has 1 aromatic heterocycles. The first-order valence-electron chi connectivity index (χ1n) is 7.03. The fourth-order valence-corrected chi connectivity index (χ4v) is 2.55. The van der Waals surface area contributed by atoms with Crippen molar-refractivity contribution in [2.45, 2.75) is 0 Å². The van der Waals surface area contributed by atoms with Crippen LogP contribution in [0.3, 0.4) is 0 Å². The Labute approximate surface area is 146 Å². The van der Waals surface area contributed by atoms with Gasteiger partial charge in [0.1, 0.15) is 0 Å². The van der Waals surface area contributed by atoms with Gasteiger partial charge in [0.15, 0.2) is 0 Å². The summed E-state index contributed by atoms with van der Waals surface area (Å²) >= 11 is 3.28. The van der Waals surface area contributed by atoms with Gasteiger partial charge in [-0.2, -0.15) is 0 Å². The Balaban J connectivity index is 1.80. The second kappa shape index (κ2) is 6.67. The highest BCUT2D eigenvalue weighted by Crippen LogP contribution is 2.27. The number of aromatic nitrogens is 1. The van der Waals surface area contributed by atoms with Gasteiger partial charge in [0.25, 0.3) is 11.6 Å². The van der Waals surface area contributed by atoms with Gasteiger partial charge in [-0.25, -0.2) is 0 Å². The standard InChI is InChI=1S/C17H12BrN3O3/c18-15-8-7-14(21(23)24)11-16(15)19-17(22)12-3-5-13(6-4-12)20-9-1-2-10-20/h1-11H,(H,19,22). The molecule has 0 radical (unpaired) electrons. The summed E-state index contributed by atoms with van der Waals surface area (Å²) < 4.78 is 2.50. The summed E-state index contributed by atoms with van der Waals surface area (Å²) in [4.78, 5) is 22.7. The van der Waals surface area contributed by atoms with Crippen LogP contribution in [0.2, 0.25) is 0 Å². The third-order valence-electron chi connectivity index (χ3n) is 3.44. The lowest BCUT2D eigenvalue weighted by molar-refractivity contribution is -0.384. The van der Waals surface area contributed by atoms with Crippen LogP contribution in [-0.4, -0.2) is 15.4 Å². The molecule has 0 aliphatic carbocycles. The Morgan fingerprint density at radius 1 is 1.08 bits per heavy atom. The zero-order chi connectivity index (χ0) is 17.1. The molecule has 0 bridgehead atoms. The smallest absolute Gasteiger partial charge is 0.271 e. The highest BCUT2D eigenvalue weighted by Gasteiger charge is 2.13. The van der Waals surface area contributed by atoms with Crippen LogP contribution in [0.15, 0.2) is 71.5 Å². The van der Waals surface area contributed by atoms with E-state index in [-0.39, 0.29) is 11.6 Å². The molecular weight excluding hydrogens is 374 g/mol. The number of anilines is 1. The molecule has 1 heterocycles. The van der Waals surface area contributed by atoms with Crippen LogP contribution in [0.4, 0.5) is 11.4 Å². The predicted molar refractivity (Wildman–Crippen MR) is 94.5 cm³/mol. The van der Waals surface area contributed by atoms with E-state index in [1.165, 1.54) is 18.2 Å². The number of halogens is 1. The van der Waals surface area contributed by atoms with Crippen LogP contribution >= 0.6 is 15.9 Å². The van der Waals surface area contributed by atoms with Crippen LogP contribution in [-0.2, 0) is 0 Å². The third-order valence-corrected chi connectivity index (χ3v) is 4.13. The summed E-state index contributed by atoms with van der Waals surface area (Å²) in [7, 11) is 0. The summed E-state index contributed by atoms with van der Waals surface area (Å²) in [6.07, 6.45) is 3.82. The van der Waals surface area contributed by atoms with Crippen molar-refractivity contribution >= 4 is 33.2 Å². The molecule has 0 aliphatic rings. The highest BCUT2D eigenvalue weighted by molar-refractivity contribution is 9.10. The molecule has 7 heteroatoms. The van der Waals surface area contributed by atoms with Crippen LogP contribution in [0.1, 0.15) is 10.4 Å². The number of carbonyl (C=O) groups excluding carboxylic acids is 1. The Kier molecular flexibility index (Phi) is 4.43. The summed E-state index contributed by atoms with van der Waals surface area (Å²) in [6.45, 7) is 0. The number of benzene rings is 2. The fourth-order valence-electron chi connectivity index (χ4n) is 2.21. The number of hydrogen-bond acceptors (Lipinski definition) is 3. The number of non-ortho nitro benzene ring substituents is 1. The predicted octanol–water partition coefficient (Wildman–Crippen LogP) is 4.40. The monoisotopic (exact) mass is 385 g/mol. The SMILES string of the molecule is O=C(Nc1cc([N+](=O)[O-])ccc1Br)c1ccc(-n2cccc2)cc1. The van der Waals surface area contributed by atoms with Gasteiger partial charge in [0, 0.05) is 40.2 Å². The maximum atomic E-state index is 12.3. The second-order valence-corrected chi connectivity index (χ2v) is 5.87. The number of hydrogen-bond donors (Lipinski definition) is 1. The lowest BCUT2D eigenvalue weighted by Gasteiger charge is -2.08. The quantitative estimate of drug-likeness (QED) is 0.533. The van der Waals surface area contributed by atoms with Gasteiger partial charge >= 0.3 is 0 Å². The average molecular weight is 386 g/mol. The molecule has 120 valence electrons. The third kappa shape index (κ3) is 3.36. The van der Waals surface area contributed by atoms with Gasteiger partial charge in [-0.15, -0.1) is 0 Å². The Bertz CT molecular complexity index is 890. The van der Waals surface area contributed by atoms with E-state index < -0.39 is 4.92 Å². The van der Waals surface area contributed by atoms with Crippen LogP contribution < -0.4 is 5.32 Å². The number of amides is 1. The summed E-state index contributed by atoms with van der Waals surface area (Å²) in [5, 5.41) is 13.5. The van der Waals surface area contributed by atoms with Gasteiger partial charge in [0.05, 0.1) is 10.6 Å². The van der Waals surface area contributed by atoms with E-state index in [0.29, 0.717) is 15.7 Å². The Morgan fingerprint density at radius 2 is 1.75 bits per heavy atom. The first-order valence-corrected chi connectivity index (χ1v) is 7.82. The molecule has 0 saturated heterocycles. The van der Waals surface area contributed by atoms with Crippen molar-refractivity contribution in [2.75, 3.05) is 5.32 Å². The number of nitrogens with zero attached hydrogens (tertiary/aromatic N) is 2. The Morgan fingerprint density at radius 3 is 2.38 bits per heavy atom. The van der Waals surface area contributed by atoms with Crippen LogP contribution in [0.25, 0.3) is 5.69 Å². The first kappa shape index (κ1) is 15.9. The zero-order valence-corrected chi connectivity index (χ0v) is 13.9. The van der Waals surface area contributed by atoms with Gasteiger partial charge in [-0.3, -0.25) is 14.9 Å². The fraction of sp³-hybridized carbons (Fsp3) is 0. The van der Waals surface area contributed by atoms with E-state index in [1.54, 1.807) is 12.1 Å². The molecule has 1 N–H and O–H groups in total. The van der Waals surface area contributed by atoms with E-state index in [0.717, 1.165) is 5.69 Å². The van der Waals surface area contributed by atoms with Crippen molar-refractivity contribution in [3.63, 3.8) is 0 Å². The van der Waals surface area contributed by atoms with Crippen molar-refractivity contribution in [1.82, 2.24) is 4.57 Å². The maximum absolute atomic E-state index is 12.3. The number of carbonyl (C=O) groups is 1. The van der Waals surface area contributed by atoms with Crippen molar-refractivity contribution in [3.05, 3.63) is 87.1 Å². The minimum absolute atomic E-state index is 0.0866. The molecule has 24 heavy (non-hydrogen) atoms. The minimum Gasteiger partial charge on any atom is -0.324 e. The highest BCUT2D eigenvalue weighted by atomic mass is 79.9. The molecular formula is C17H12BrN3O3. The normalized spacial score (nSPS) is 10.4. The zero-order valence-electron chi connectivity index (χ0n) is 12.3. The second-order valence-electron chi connectivity index (χ2n) is 5.01. The topological polar surface area (TPSA) is 77.2 Å². The first-order chi connectivity index (χ1) is 11.5. The van der Waals surface area contributed by atoms with Gasteiger partial charge in [0.2, 0.25) is 0 Å². The Hall–Kier alpha value is -2.93. The van der Waals surface area contributed by atoms with E-state index in [4.69, 9.17) is 0 Å². The van der Waals surface area contributed by atoms with E-state index >= 15 is 0 Å². The van der Waals surface area contributed by atoms with Gasteiger partial charge in [-0.1, -0.05) is 0 Å². The molecule has 0 fully saturated rings. The van der Waals surface area contributed by atoms with Crippen molar-refractivity contribution in [3.8, 4) is 5.69 Å². The molecule has 2 aromatic carbocycles. The molecule has 3 aromatic rings. The van der Waals surface area contributed by atoms with E-state index in [1.807, 2.05) is 41.2 Å². The summed E-state index contributed by atoms with van der Waals surface area (Å²) in [5.41, 5.74) is 1.66. The summed E-state index contributed by atoms with van der Waals surface area (Å²) in [6, 6.07) is 15.1. The molecule has 0 saturated carbocycles. The molecule has 0 spiro atoms. The molecule has 1 amide bonds. The van der Waals surface area contributed by atoms with Crippen LogP contribution in [0.5, 0.6) is 0 Å². The average Bonchev–Trinajstić information content (AvgIpc) is 3.11. The van der Waals surface area contributed by atoms with Gasteiger partial charge in [-0.05, 0) is 58.4 Å². The molecule has 0 atom stereocenters. The molecule has 6 nitrogen and oxygen atoms in total. The lowest BCUT2D eigenvalue weighted by Crippen LogP contribution is -2.12. The van der Waals surface area contributed by atoms with Crippen molar-refractivity contribution in [1.29, 1.82) is 0 Å². The van der Waals surface area contributed by atoms with Crippen LogP contribution in [0, 0.1) is 10.1 Å². The van der Waals surface area contributed by atoms with Crippen molar-refractivity contribution < 1.29 is 9.72 Å². The molecule has 0 unspecified atom stereocenters. The number of nitro groups is 1. The molecule has 3 rings (SSSR count). The number of rotatable bonds is 4. The van der Waals surface area contributed by atoms with E-state index in [2.05, 4.69) is 21.2 Å². The van der Waals surface area contributed by atoms with E-state index in [9.17, 15) is 14.9 Å². The van der Waals surface area contributed by atoms with Crippen molar-refractivity contribution in [2.24, 2.45) is 0 Å².